The molecule has 16 heavy (non-hydrogen) atoms. The first-order chi connectivity index (χ1) is 7.77. The lowest BCUT2D eigenvalue weighted by Gasteiger charge is -2.10. The summed E-state index contributed by atoms with van der Waals surface area (Å²) in [5.74, 6) is 0.308. The van der Waals surface area contributed by atoms with Crippen LogP contribution in [0.4, 0.5) is 11.5 Å². The lowest BCUT2D eigenvalue weighted by molar-refractivity contribution is -0.384. The van der Waals surface area contributed by atoms with Gasteiger partial charge in [0, 0.05) is 25.4 Å². The van der Waals surface area contributed by atoms with Gasteiger partial charge < -0.3 is 10.1 Å². The van der Waals surface area contributed by atoms with Crippen molar-refractivity contribution in [2.24, 2.45) is 0 Å². The van der Waals surface area contributed by atoms with E-state index in [9.17, 15) is 10.1 Å². The average Bonchev–Trinajstić information content (AvgIpc) is 2.79. The Labute approximate surface area is 92.8 Å². The van der Waals surface area contributed by atoms with Gasteiger partial charge in [-0.15, -0.1) is 0 Å². The molecule has 1 aliphatic rings. The molecule has 1 atom stereocenters. The minimum absolute atomic E-state index is 0.000460. The van der Waals surface area contributed by atoms with E-state index in [-0.39, 0.29) is 11.8 Å². The molecule has 1 aromatic rings. The van der Waals surface area contributed by atoms with Crippen LogP contribution in [0.5, 0.6) is 0 Å². The highest BCUT2D eigenvalue weighted by atomic mass is 16.6. The van der Waals surface area contributed by atoms with Crippen LogP contribution in [0.25, 0.3) is 0 Å². The van der Waals surface area contributed by atoms with Crippen molar-refractivity contribution >= 4 is 11.5 Å². The molecule has 1 aromatic heterocycles. The summed E-state index contributed by atoms with van der Waals surface area (Å²) in [6.45, 7) is 1.34. The van der Waals surface area contributed by atoms with Gasteiger partial charge >= 0.3 is 5.69 Å². The van der Waals surface area contributed by atoms with Gasteiger partial charge in [0.2, 0.25) is 5.82 Å². The van der Waals surface area contributed by atoms with Crippen molar-refractivity contribution in [2.75, 3.05) is 18.5 Å². The molecule has 1 N–H and O–H groups in total. The number of hydrogen-bond acceptors (Lipinski definition) is 5. The molecular weight excluding hydrogens is 210 g/mol. The molecule has 0 spiro atoms. The van der Waals surface area contributed by atoms with Crippen LogP contribution in [-0.2, 0) is 4.74 Å². The van der Waals surface area contributed by atoms with Gasteiger partial charge in [-0.2, -0.15) is 0 Å². The van der Waals surface area contributed by atoms with Gasteiger partial charge in [0.15, 0.2) is 0 Å². The standard InChI is InChI=1S/C10H13N3O3/c14-13(15)9-4-1-5-11-10(9)12-7-8-3-2-6-16-8/h1,4-5,8H,2-3,6-7H2,(H,11,12)/t8-/m0/s1. The maximum atomic E-state index is 10.7. The number of anilines is 1. The van der Waals surface area contributed by atoms with E-state index in [1.807, 2.05) is 0 Å². The van der Waals surface area contributed by atoms with Crippen molar-refractivity contribution in [3.05, 3.63) is 28.4 Å². The molecule has 6 heteroatoms. The van der Waals surface area contributed by atoms with E-state index in [0.717, 1.165) is 19.4 Å². The Hall–Kier alpha value is -1.69. The summed E-state index contributed by atoms with van der Waals surface area (Å²) in [5, 5.41) is 13.7. The van der Waals surface area contributed by atoms with Gasteiger partial charge in [0.25, 0.3) is 0 Å². The molecule has 2 heterocycles. The van der Waals surface area contributed by atoms with E-state index in [2.05, 4.69) is 10.3 Å². The van der Waals surface area contributed by atoms with Crippen LogP contribution in [0.2, 0.25) is 0 Å². The van der Waals surface area contributed by atoms with E-state index in [1.165, 1.54) is 12.3 Å². The Morgan fingerprint density at radius 3 is 3.25 bits per heavy atom. The SMILES string of the molecule is O=[N+]([O-])c1cccnc1NC[C@@H]1CCCO1. The number of pyridine rings is 1. The number of aromatic nitrogens is 1. The topological polar surface area (TPSA) is 77.3 Å². The Kier molecular flexibility index (Phi) is 3.31. The van der Waals surface area contributed by atoms with Crippen LogP contribution >= 0.6 is 0 Å². The summed E-state index contributed by atoms with van der Waals surface area (Å²) in [6.07, 6.45) is 3.72. The van der Waals surface area contributed by atoms with E-state index in [0.29, 0.717) is 12.4 Å². The molecule has 0 amide bonds. The smallest absolute Gasteiger partial charge is 0.311 e. The van der Waals surface area contributed by atoms with Crippen molar-refractivity contribution in [3.8, 4) is 0 Å². The molecule has 0 radical (unpaired) electrons. The third-order valence-electron chi connectivity index (χ3n) is 2.50. The van der Waals surface area contributed by atoms with Crippen LogP contribution in [0.3, 0.4) is 0 Å². The monoisotopic (exact) mass is 223 g/mol. The van der Waals surface area contributed by atoms with Gasteiger partial charge in [-0.05, 0) is 18.9 Å². The molecule has 86 valence electrons. The van der Waals surface area contributed by atoms with Gasteiger partial charge in [0.05, 0.1) is 11.0 Å². The van der Waals surface area contributed by atoms with Crippen LogP contribution in [0.15, 0.2) is 18.3 Å². The summed E-state index contributed by atoms with van der Waals surface area (Å²) in [6, 6.07) is 2.99. The molecule has 2 rings (SSSR count). The Morgan fingerprint density at radius 2 is 2.56 bits per heavy atom. The average molecular weight is 223 g/mol. The Bertz CT molecular complexity index is 377. The molecule has 6 nitrogen and oxygen atoms in total. The van der Waals surface area contributed by atoms with E-state index in [4.69, 9.17) is 4.74 Å². The number of ether oxygens (including phenoxy) is 1. The maximum Gasteiger partial charge on any atom is 0.311 e. The predicted molar refractivity (Wildman–Crippen MR) is 58.4 cm³/mol. The number of nitrogens with zero attached hydrogens (tertiary/aromatic N) is 2. The zero-order chi connectivity index (χ0) is 11.4. The van der Waals surface area contributed by atoms with Crippen molar-refractivity contribution in [1.82, 2.24) is 4.98 Å². The number of rotatable bonds is 4. The molecule has 1 aliphatic heterocycles. The lowest BCUT2D eigenvalue weighted by atomic mass is 10.2. The van der Waals surface area contributed by atoms with Crippen molar-refractivity contribution < 1.29 is 9.66 Å². The van der Waals surface area contributed by atoms with Crippen LogP contribution in [0.1, 0.15) is 12.8 Å². The molecule has 0 aromatic carbocycles. The number of nitro groups is 1. The van der Waals surface area contributed by atoms with Crippen molar-refractivity contribution in [3.63, 3.8) is 0 Å². The summed E-state index contributed by atoms with van der Waals surface area (Å²) in [5.41, 5.74) is 0.000460. The Morgan fingerprint density at radius 1 is 1.69 bits per heavy atom. The second kappa shape index (κ2) is 4.89. The quantitative estimate of drug-likeness (QED) is 0.619. The normalized spacial score (nSPS) is 19.6. The van der Waals surface area contributed by atoms with Gasteiger partial charge in [-0.1, -0.05) is 0 Å². The third kappa shape index (κ3) is 2.46. The molecular formula is C10H13N3O3. The lowest BCUT2D eigenvalue weighted by Crippen LogP contribution is -2.19. The van der Waals surface area contributed by atoms with Gasteiger partial charge in [0.1, 0.15) is 0 Å². The summed E-state index contributed by atoms with van der Waals surface area (Å²) >= 11 is 0. The fourth-order valence-corrected chi connectivity index (χ4v) is 1.70. The first-order valence-electron chi connectivity index (χ1n) is 5.22. The fourth-order valence-electron chi connectivity index (χ4n) is 1.70. The second-order valence-electron chi connectivity index (χ2n) is 3.64. The zero-order valence-corrected chi connectivity index (χ0v) is 8.76. The highest BCUT2D eigenvalue weighted by Crippen LogP contribution is 2.21. The fraction of sp³-hybridized carbons (Fsp3) is 0.500. The van der Waals surface area contributed by atoms with E-state index in [1.54, 1.807) is 6.07 Å². The third-order valence-corrected chi connectivity index (χ3v) is 2.50. The highest BCUT2D eigenvalue weighted by Gasteiger charge is 2.18. The predicted octanol–water partition coefficient (Wildman–Crippen LogP) is 1.58. The molecule has 0 saturated carbocycles. The van der Waals surface area contributed by atoms with Crippen molar-refractivity contribution in [1.29, 1.82) is 0 Å². The summed E-state index contributed by atoms with van der Waals surface area (Å²) in [7, 11) is 0. The van der Waals surface area contributed by atoms with E-state index >= 15 is 0 Å². The number of hydrogen-bond donors (Lipinski definition) is 1. The molecule has 1 saturated heterocycles. The summed E-state index contributed by atoms with van der Waals surface area (Å²) < 4.78 is 5.41. The molecule has 1 fully saturated rings. The van der Waals surface area contributed by atoms with Crippen LogP contribution in [0, 0.1) is 10.1 Å². The minimum atomic E-state index is -0.440. The van der Waals surface area contributed by atoms with E-state index < -0.39 is 4.92 Å². The molecule has 0 bridgehead atoms. The maximum absolute atomic E-state index is 10.7. The van der Waals surface area contributed by atoms with Crippen molar-refractivity contribution in [2.45, 2.75) is 18.9 Å². The highest BCUT2D eigenvalue weighted by molar-refractivity contribution is 5.55. The second-order valence-corrected chi connectivity index (χ2v) is 3.64. The van der Waals surface area contributed by atoms with Crippen LogP contribution in [-0.4, -0.2) is 29.2 Å². The van der Waals surface area contributed by atoms with Gasteiger partial charge in [-0.25, -0.2) is 4.98 Å². The first-order valence-corrected chi connectivity index (χ1v) is 5.22. The minimum Gasteiger partial charge on any atom is -0.376 e. The van der Waals surface area contributed by atoms with Gasteiger partial charge in [-0.3, -0.25) is 10.1 Å². The van der Waals surface area contributed by atoms with Crippen LogP contribution < -0.4 is 5.32 Å². The Balaban J connectivity index is 2.00. The largest absolute Gasteiger partial charge is 0.376 e. The molecule has 0 unspecified atom stereocenters. The number of nitrogens with one attached hydrogen (secondary N) is 1. The molecule has 0 aliphatic carbocycles. The zero-order valence-electron chi connectivity index (χ0n) is 8.76. The first kappa shape index (κ1) is 10.8. The summed E-state index contributed by atoms with van der Waals surface area (Å²) in [4.78, 5) is 14.2.